The summed E-state index contributed by atoms with van der Waals surface area (Å²) >= 11 is 0. The molecule has 17 heavy (non-hydrogen) atoms. The molecule has 0 radical (unpaired) electrons. The van der Waals surface area contributed by atoms with E-state index in [0.717, 1.165) is 19.3 Å². The van der Waals surface area contributed by atoms with Gasteiger partial charge >= 0.3 is 0 Å². The first-order valence-electron chi connectivity index (χ1n) is 5.99. The summed E-state index contributed by atoms with van der Waals surface area (Å²) in [6.07, 6.45) is 3.82. The fourth-order valence-electron chi connectivity index (χ4n) is 1.71. The molecule has 0 aromatic rings. The van der Waals surface area contributed by atoms with Gasteiger partial charge in [0.25, 0.3) is 11.1 Å². The zero-order valence-corrected chi connectivity index (χ0v) is 11.1. The second-order valence-corrected chi connectivity index (χ2v) is 5.16. The van der Waals surface area contributed by atoms with Crippen LogP contribution in [-0.4, -0.2) is 20.9 Å². The van der Waals surface area contributed by atoms with Crippen molar-refractivity contribution in [2.45, 2.75) is 70.9 Å². The maximum absolute atomic E-state index is 11.1. The molecule has 0 bridgehead atoms. The van der Waals surface area contributed by atoms with Crippen LogP contribution in [0.1, 0.15) is 59.8 Å². The second-order valence-electron chi connectivity index (χ2n) is 5.16. The van der Waals surface area contributed by atoms with E-state index in [4.69, 9.17) is 0 Å². The van der Waals surface area contributed by atoms with E-state index in [9.17, 15) is 20.2 Å². The molecule has 0 aliphatic carbocycles. The third-order valence-corrected chi connectivity index (χ3v) is 3.69. The van der Waals surface area contributed by atoms with Gasteiger partial charge in [-0.15, -0.1) is 0 Å². The molecule has 0 spiro atoms. The average molecular weight is 246 g/mol. The van der Waals surface area contributed by atoms with Gasteiger partial charge in [-0.05, 0) is 6.42 Å². The highest BCUT2D eigenvalue weighted by Gasteiger charge is 2.60. The van der Waals surface area contributed by atoms with Gasteiger partial charge in [0.15, 0.2) is 0 Å². The minimum atomic E-state index is -1.55. The Hall–Kier alpha value is -1.20. The Morgan fingerprint density at radius 3 is 1.82 bits per heavy atom. The molecule has 0 rings (SSSR count). The quantitative estimate of drug-likeness (QED) is 0.374. The Morgan fingerprint density at radius 2 is 1.47 bits per heavy atom. The van der Waals surface area contributed by atoms with E-state index in [0.29, 0.717) is 6.42 Å². The van der Waals surface area contributed by atoms with Gasteiger partial charge in [0.2, 0.25) is 0 Å². The van der Waals surface area contributed by atoms with E-state index in [1.54, 1.807) is 0 Å². The number of unbranched alkanes of at least 4 members (excludes halogenated alkanes) is 3. The number of nitro groups is 2. The van der Waals surface area contributed by atoms with E-state index < -0.39 is 20.9 Å². The Labute approximate surface area is 102 Å². The van der Waals surface area contributed by atoms with Gasteiger partial charge in [-0.25, -0.2) is 0 Å². The number of hydrogen-bond donors (Lipinski definition) is 0. The molecular weight excluding hydrogens is 224 g/mol. The van der Waals surface area contributed by atoms with Crippen molar-refractivity contribution >= 4 is 0 Å². The van der Waals surface area contributed by atoms with E-state index in [2.05, 4.69) is 0 Å². The first-order chi connectivity index (χ1) is 7.70. The van der Waals surface area contributed by atoms with Crippen LogP contribution in [0.5, 0.6) is 0 Å². The van der Waals surface area contributed by atoms with Crippen molar-refractivity contribution in [3.63, 3.8) is 0 Å². The smallest absolute Gasteiger partial charge is 0.264 e. The van der Waals surface area contributed by atoms with Crippen LogP contribution in [0.25, 0.3) is 0 Å². The number of nitrogens with zero attached hydrogens (tertiary/aromatic N) is 2. The van der Waals surface area contributed by atoms with E-state index in [1.807, 2.05) is 6.92 Å². The molecule has 0 fully saturated rings. The lowest BCUT2D eigenvalue weighted by molar-refractivity contribution is -0.677. The van der Waals surface area contributed by atoms with Crippen LogP contribution in [-0.2, 0) is 0 Å². The first-order valence-corrected chi connectivity index (χ1v) is 5.99. The molecular formula is C11H22N2O4. The van der Waals surface area contributed by atoms with Crippen molar-refractivity contribution < 1.29 is 9.85 Å². The van der Waals surface area contributed by atoms with Crippen LogP contribution in [0, 0.1) is 20.2 Å². The summed E-state index contributed by atoms with van der Waals surface area (Å²) in [6, 6.07) is 0. The van der Waals surface area contributed by atoms with Crippen molar-refractivity contribution in [2.75, 3.05) is 0 Å². The van der Waals surface area contributed by atoms with Gasteiger partial charge in [-0.1, -0.05) is 26.2 Å². The van der Waals surface area contributed by atoms with Crippen molar-refractivity contribution in [1.82, 2.24) is 0 Å². The van der Waals surface area contributed by atoms with Crippen LogP contribution in [0.4, 0.5) is 0 Å². The molecule has 0 aromatic heterocycles. The Bertz CT molecular complexity index is 291. The Kier molecular flexibility index (Phi) is 5.51. The highest BCUT2D eigenvalue weighted by atomic mass is 16.6. The van der Waals surface area contributed by atoms with Gasteiger partial charge in [-0.3, -0.25) is 20.2 Å². The van der Waals surface area contributed by atoms with Gasteiger partial charge in [0.1, 0.15) is 0 Å². The van der Waals surface area contributed by atoms with Crippen LogP contribution < -0.4 is 0 Å². The summed E-state index contributed by atoms with van der Waals surface area (Å²) < 4.78 is 0. The fraction of sp³-hybridized carbons (Fsp3) is 1.00. The highest BCUT2D eigenvalue weighted by Crippen LogP contribution is 2.33. The van der Waals surface area contributed by atoms with Gasteiger partial charge in [0.05, 0.1) is 0 Å². The largest absolute Gasteiger partial charge is 0.287 e. The summed E-state index contributed by atoms with van der Waals surface area (Å²) in [5.74, 6) is 0. The third-order valence-electron chi connectivity index (χ3n) is 3.69. The molecule has 100 valence electrons. The van der Waals surface area contributed by atoms with Crippen LogP contribution in [0.3, 0.4) is 0 Å². The predicted octanol–water partition coefficient (Wildman–Crippen LogP) is 3.05. The Balaban J connectivity index is 4.80. The zero-order valence-electron chi connectivity index (χ0n) is 11.1. The van der Waals surface area contributed by atoms with E-state index >= 15 is 0 Å². The highest BCUT2D eigenvalue weighted by molar-refractivity contribution is 4.91. The van der Waals surface area contributed by atoms with Crippen LogP contribution in [0.15, 0.2) is 0 Å². The minimum absolute atomic E-state index is 0.244. The lowest BCUT2D eigenvalue weighted by atomic mass is 9.78. The molecule has 0 N–H and O–H groups in total. The molecule has 0 aliphatic rings. The molecule has 0 amide bonds. The number of rotatable bonds is 8. The minimum Gasteiger partial charge on any atom is -0.264 e. The summed E-state index contributed by atoms with van der Waals surface area (Å²) in [7, 11) is 0. The molecule has 1 atom stereocenters. The molecule has 0 saturated carbocycles. The molecule has 0 aromatic carbocycles. The molecule has 6 heteroatoms. The van der Waals surface area contributed by atoms with Crippen molar-refractivity contribution in [3.05, 3.63) is 20.2 Å². The van der Waals surface area contributed by atoms with Crippen LogP contribution in [0.2, 0.25) is 0 Å². The topological polar surface area (TPSA) is 86.3 Å². The maximum atomic E-state index is 11.1. The summed E-state index contributed by atoms with van der Waals surface area (Å²) in [5.41, 5.74) is -3.06. The SMILES string of the molecule is CCCCCCC(C)([N+](=O)[O-])C(C)(C)[N+](=O)[O-]. The molecule has 0 saturated heterocycles. The maximum Gasteiger partial charge on any atom is 0.287 e. The predicted molar refractivity (Wildman–Crippen MR) is 65.2 cm³/mol. The zero-order chi connectivity index (χ0) is 13.7. The molecule has 6 nitrogen and oxygen atoms in total. The van der Waals surface area contributed by atoms with Crippen molar-refractivity contribution in [1.29, 1.82) is 0 Å². The van der Waals surface area contributed by atoms with E-state index in [1.165, 1.54) is 20.8 Å². The second kappa shape index (κ2) is 5.93. The van der Waals surface area contributed by atoms with Gasteiger partial charge in [0, 0.05) is 37.0 Å². The standard InChI is InChI=1S/C11H22N2O4/c1-5-6-7-8-9-11(4,13(16)17)10(2,3)12(14)15/h5-9H2,1-4H3. The first kappa shape index (κ1) is 15.8. The van der Waals surface area contributed by atoms with Crippen LogP contribution >= 0.6 is 0 Å². The van der Waals surface area contributed by atoms with Gasteiger partial charge < -0.3 is 0 Å². The number of hydrogen-bond acceptors (Lipinski definition) is 4. The summed E-state index contributed by atoms with van der Waals surface area (Å²) in [4.78, 5) is 21.1. The average Bonchev–Trinajstić information content (AvgIpc) is 2.23. The summed E-state index contributed by atoms with van der Waals surface area (Å²) in [6.45, 7) is 6.08. The fourth-order valence-corrected chi connectivity index (χ4v) is 1.71. The van der Waals surface area contributed by atoms with Crippen molar-refractivity contribution in [3.8, 4) is 0 Å². The summed E-state index contributed by atoms with van der Waals surface area (Å²) in [5, 5.41) is 22.1. The molecule has 0 aliphatic heterocycles. The normalized spacial score (nSPS) is 15.3. The third kappa shape index (κ3) is 3.38. The monoisotopic (exact) mass is 246 g/mol. The van der Waals surface area contributed by atoms with Gasteiger partial charge in [-0.2, -0.15) is 0 Å². The lowest BCUT2D eigenvalue weighted by Gasteiger charge is -2.29. The molecule has 1 unspecified atom stereocenters. The van der Waals surface area contributed by atoms with Crippen molar-refractivity contribution in [2.24, 2.45) is 0 Å². The lowest BCUT2D eigenvalue weighted by Crippen LogP contribution is -2.58. The molecule has 0 heterocycles. The van der Waals surface area contributed by atoms with E-state index in [-0.39, 0.29) is 6.42 Å². The Morgan fingerprint density at radius 1 is 0.941 bits per heavy atom.